The van der Waals surface area contributed by atoms with Gasteiger partial charge in [-0.15, -0.1) is 0 Å². The summed E-state index contributed by atoms with van der Waals surface area (Å²) in [6, 6.07) is 1.86. The van der Waals surface area contributed by atoms with Crippen molar-refractivity contribution in [3.05, 3.63) is 32.5 Å². The Hall–Kier alpha value is -1.50. The highest BCUT2D eigenvalue weighted by atomic mass is 79.9. The van der Waals surface area contributed by atoms with E-state index in [1.807, 2.05) is 0 Å². The quantitative estimate of drug-likeness (QED) is 0.515. The van der Waals surface area contributed by atoms with E-state index >= 15 is 0 Å². The van der Waals surface area contributed by atoms with Crippen LogP contribution in [0.3, 0.4) is 0 Å². The van der Waals surface area contributed by atoms with Crippen LogP contribution in [0.5, 0.6) is 0 Å². The van der Waals surface area contributed by atoms with Crippen LogP contribution >= 0.6 is 15.9 Å². The number of anilines is 1. The number of nitro benzene ring substituents is 1. The molecule has 0 saturated carbocycles. The molecule has 5 nitrogen and oxygen atoms in total. The fraction of sp³-hybridized carbons (Fsp3) is 0. The number of halogens is 2. The molecule has 0 aliphatic carbocycles. The summed E-state index contributed by atoms with van der Waals surface area (Å²) in [6.07, 6.45) is 0.288. The van der Waals surface area contributed by atoms with Gasteiger partial charge in [-0.1, -0.05) is 0 Å². The van der Waals surface area contributed by atoms with Crippen LogP contribution in [0.25, 0.3) is 0 Å². The number of carbonyl (C=O) groups excluding carboxylic acids is 1. The van der Waals surface area contributed by atoms with Gasteiger partial charge in [-0.3, -0.25) is 14.9 Å². The largest absolute Gasteiger partial charge is 0.326 e. The fourth-order valence-corrected chi connectivity index (χ4v) is 1.34. The highest BCUT2D eigenvalue weighted by Gasteiger charge is 2.16. The zero-order valence-electron chi connectivity index (χ0n) is 6.66. The second kappa shape index (κ2) is 4.14. The normalized spacial score (nSPS) is 9.57. The standard InChI is InChI=1S/C7H4BrFN2O3/c8-4-1-6(10-3-12)5(9)2-7(4)11(13)14/h1-3H,(H,10,12). The molecule has 14 heavy (non-hydrogen) atoms. The van der Waals surface area contributed by atoms with Gasteiger partial charge in [-0.05, 0) is 22.0 Å². The first-order valence-corrected chi connectivity index (χ1v) is 4.19. The summed E-state index contributed by atoms with van der Waals surface area (Å²) in [4.78, 5) is 19.7. The first-order valence-electron chi connectivity index (χ1n) is 3.40. The van der Waals surface area contributed by atoms with Crippen molar-refractivity contribution in [2.24, 2.45) is 0 Å². The zero-order valence-corrected chi connectivity index (χ0v) is 8.25. The summed E-state index contributed by atoms with van der Waals surface area (Å²) in [6.45, 7) is 0. The third-order valence-electron chi connectivity index (χ3n) is 1.45. The Bertz CT molecular complexity index is 397. The van der Waals surface area contributed by atoms with Crippen LogP contribution in [0, 0.1) is 15.9 Å². The van der Waals surface area contributed by atoms with Crippen LogP contribution in [0.4, 0.5) is 15.8 Å². The molecule has 0 aromatic heterocycles. The van der Waals surface area contributed by atoms with E-state index in [4.69, 9.17) is 0 Å². The molecule has 1 aromatic rings. The molecule has 0 radical (unpaired) electrons. The van der Waals surface area contributed by atoms with Crippen molar-refractivity contribution < 1.29 is 14.1 Å². The number of nitrogens with zero attached hydrogens (tertiary/aromatic N) is 1. The molecule has 0 aliphatic heterocycles. The topological polar surface area (TPSA) is 72.2 Å². The second-order valence-corrected chi connectivity index (χ2v) is 3.16. The van der Waals surface area contributed by atoms with Crippen molar-refractivity contribution in [2.75, 3.05) is 5.32 Å². The maximum atomic E-state index is 13.0. The number of amides is 1. The minimum atomic E-state index is -0.855. The van der Waals surface area contributed by atoms with Gasteiger partial charge in [-0.25, -0.2) is 4.39 Å². The summed E-state index contributed by atoms with van der Waals surface area (Å²) in [5.74, 6) is -0.855. The van der Waals surface area contributed by atoms with E-state index in [0.29, 0.717) is 0 Å². The summed E-state index contributed by atoms with van der Waals surface area (Å²) in [5, 5.41) is 12.4. The van der Waals surface area contributed by atoms with Crippen LogP contribution in [-0.2, 0) is 4.79 Å². The highest BCUT2D eigenvalue weighted by molar-refractivity contribution is 9.10. The van der Waals surface area contributed by atoms with Gasteiger partial charge in [0.05, 0.1) is 21.1 Å². The number of hydrogen-bond donors (Lipinski definition) is 1. The third kappa shape index (κ3) is 2.05. The average Bonchev–Trinajstić information content (AvgIpc) is 2.10. The third-order valence-corrected chi connectivity index (χ3v) is 2.08. The molecular formula is C7H4BrFN2O3. The fourth-order valence-electron chi connectivity index (χ4n) is 0.850. The van der Waals surface area contributed by atoms with Gasteiger partial charge in [0, 0.05) is 0 Å². The molecule has 0 atom stereocenters. The van der Waals surface area contributed by atoms with Crippen molar-refractivity contribution in [2.45, 2.75) is 0 Å². The minimum Gasteiger partial charge on any atom is -0.326 e. The average molecular weight is 263 g/mol. The summed E-state index contributed by atoms with van der Waals surface area (Å²) in [5.41, 5.74) is -0.503. The number of carbonyl (C=O) groups is 1. The number of benzene rings is 1. The lowest BCUT2D eigenvalue weighted by Gasteiger charge is -2.01. The van der Waals surface area contributed by atoms with Gasteiger partial charge in [0.25, 0.3) is 5.69 Å². The molecule has 0 aliphatic rings. The van der Waals surface area contributed by atoms with Crippen molar-refractivity contribution in [1.82, 2.24) is 0 Å². The lowest BCUT2D eigenvalue weighted by Crippen LogP contribution is -1.99. The molecule has 0 fully saturated rings. The van der Waals surface area contributed by atoms with Crippen molar-refractivity contribution in [3.63, 3.8) is 0 Å². The lowest BCUT2D eigenvalue weighted by molar-refractivity contribution is -0.385. The maximum absolute atomic E-state index is 13.0. The van der Waals surface area contributed by atoms with Gasteiger partial charge in [0.1, 0.15) is 0 Å². The summed E-state index contributed by atoms with van der Waals surface area (Å²) in [7, 11) is 0. The maximum Gasteiger partial charge on any atom is 0.286 e. The van der Waals surface area contributed by atoms with Crippen LogP contribution in [0.2, 0.25) is 0 Å². The summed E-state index contributed by atoms with van der Waals surface area (Å²) < 4.78 is 13.1. The molecule has 0 bridgehead atoms. The van der Waals surface area contributed by atoms with E-state index in [-0.39, 0.29) is 22.3 Å². The Morgan fingerprint density at radius 3 is 2.71 bits per heavy atom. The monoisotopic (exact) mass is 262 g/mol. The first kappa shape index (κ1) is 10.6. The predicted octanol–water partition coefficient (Wildman–Crippen LogP) is 2.06. The molecule has 1 amide bonds. The second-order valence-electron chi connectivity index (χ2n) is 2.30. The lowest BCUT2D eigenvalue weighted by atomic mass is 10.2. The van der Waals surface area contributed by atoms with Crippen LogP contribution < -0.4 is 5.32 Å². The molecule has 0 spiro atoms. The van der Waals surface area contributed by atoms with Crippen molar-refractivity contribution >= 4 is 33.7 Å². The predicted molar refractivity (Wildman–Crippen MR) is 50.4 cm³/mol. The molecule has 0 unspecified atom stereocenters. The van der Waals surface area contributed by atoms with Crippen LogP contribution in [0.1, 0.15) is 0 Å². The highest BCUT2D eigenvalue weighted by Crippen LogP contribution is 2.29. The minimum absolute atomic E-state index is 0.105. The van der Waals surface area contributed by atoms with E-state index in [2.05, 4.69) is 21.2 Å². The summed E-state index contributed by atoms with van der Waals surface area (Å²) >= 11 is 2.89. The number of nitro groups is 1. The van der Waals surface area contributed by atoms with E-state index < -0.39 is 10.7 Å². The van der Waals surface area contributed by atoms with Crippen molar-refractivity contribution in [3.8, 4) is 0 Å². The van der Waals surface area contributed by atoms with E-state index in [1.54, 1.807) is 0 Å². The Labute approximate surface area is 86.2 Å². The Morgan fingerprint density at radius 1 is 1.57 bits per heavy atom. The molecular weight excluding hydrogens is 259 g/mol. The Kier molecular flexibility index (Phi) is 3.13. The SMILES string of the molecule is O=CNc1cc(Br)c([N+](=O)[O-])cc1F. The smallest absolute Gasteiger partial charge is 0.286 e. The van der Waals surface area contributed by atoms with E-state index in [9.17, 15) is 19.3 Å². The Balaban J connectivity index is 3.23. The number of nitrogens with one attached hydrogen (secondary N) is 1. The first-order chi connectivity index (χ1) is 6.56. The molecule has 1 aromatic carbocycles. The molecule has 7 heteroatoms. The van der Waals surface area contributed by atoms with Crippen LogP contribution in [-0.4, -0.2) is 11.3 Å². The van der Waals surface area contributed by atoms with Gasteiger partial charge < -0.3 is 5.32 Å². The molecule has 1 N–H and O–H groups in total. The number of hydrogen-bond acceptors (Lipinski definition) is 3. The van der Waals surface area contributed by atoms with Gasteiger partial charge >= 0.3 is 0 Å². The Morgan fingerprint density at radius 2 is 2.21 bits per heavy atom. The van der Waals surface area contributed by atoms with Crippen molar-refractivity contribution in [1.29, 1.82) is 0 Å². The molecule has 0 heterocycles. The molecule has 74 valence electrons. The van der Waals surface area contributed by atoms with Gasteiger partial charge in [0.2, 0.25) is 6.41 Å². The zero-order chi connectivity index (χ0) is 10.7. The molecule has 0 saturated heterocycles. The van der Waals surface area contributed by atoms with E-state index in [0.717, 1.165) is 12.1 Å². The van der Waals surface area contributed by atoms with Gasteiger partial charge in [-0.2, -0.15) is 0 Å². The van der Waals surface area contributed by atoms with Crippen LogP contribution in [0.15, 0.2) is 16.6 Å². The van der Waals surface area contributed by atoms with Gasteiger partial charge in [0.15, 0.2) is 5.82 Å². The number of rotatable bonds is 3. The van der Waals surface area contributed by atoms with E-state index in [1.165, 1.54) is 0 Å². The molecule has 1 rings (SSSR count).